The molecule has 2 aromatic rings. The Morgan fingerprint density at radius 2 is 1.94 bits per heavy atom. The Bertz CT molecular complexity index is 1040. The van der Waals surface area contributed by atoms with Crippen molar-refractivity contribution in [1.82, 2.24) is 4.57 Å². The Morgan fingerprint density at radius 3 is 2.66 bits per heavy atom. The largest absolute Gasteiger partial charge is 0.504 e. The SMILES string of the molecule is CCOC(=O)c1cn2c(cc1=O)-c1cc(O)c(OCCC3CCCCC3)cc1CC2CC. The van der Waals surface area contributed by atoms with Crippen LogP contribution in [0.4, 0.5) is 0 Å². The van der Waals surface area contributed by atoms with Crippen LogP contribution in [0.1, 0.15) is 80.8 Å². The van der Waals surface area contributed by atoms with Gasteiger partial charge in [0.15, 0.2) is 16.9 Å². The van der Waals surface area contributed by atoms with Gasteiger partial charge < -0.3 is 19.1 Å². The molecule has 0 bridgehead atoms. The number of hydrogen-bond donors (Lipinski definition) is 1. The summed E-state index contributed by atoms with van der Waals surface area (Å²) in [7, 11) is 0. The molecule has 1 N–H and O–H groups in total. The fourth-order valence-corrected chi connectivity index (χ4v) is 5.07. The number of esters is 1. The first-order valence-electron chi connectivity index (χ1n) is 11.9. The maximum atomic E-state index is 12.7. The lowest BCUT2D eigenvalue weighted by Crippen LogP contribution is -2.26. The highest BCUT2D eigenvalue weighted by molar-refractivity contribution is 5.89. The van der Waals surface area contributed by atoms with Crippen molar-refractivity contribution in [2.45, 2.75) is 71.3 Å². The zero-order valence-electron chi connectivity index (χ0n) is 19.1. The zero-order chi connectivity index (χ0) is 22.7. The van der Waals surface area contributed by atoms with Crippen molar-refractivity contribution < 1.29 is 19.4 Å². The number of phenols is 1. The van der Waals surface area contributed by atoms with E-state index in [1.807, 2.05) is 10.6 Å². The molecule has 0 amide bonds. The van der Waals surface area contributed by atoms with Gasteiger partial charge in [0.2, 0.25) is 0 Å². The fourth-order valence-electron chi connectivity index (χ4n) is 5.07. The fraction of sp³-hybridized carbons (Fsp3) is 0.538. The summed E-state index contributed by atoms with van der Waals surface area (Å²) in [6, 6.07) is 5.19. The van der Waals surface area contributed by atoms with Crippen LogP contribution >= 0.6 is 0 Å². The molecule has 1 aromatic carbocycles. The van der Waals surface area contributed by atoms with E-state index in [1.54, 1.807) is 19.2 Å². The predicted octanol–water partition coefficient (Wildman–Crippen LogP) is 5.25. The van der Waals surface area contributed by atoms with Gasteiger partial charge >= 0.3 is 5.97 Å². The van der Waals surface area contributed by atoms with Crippen LogP contribution in [0.3, 0.4) is 0 Å². The number of carbonyl (C=O) groups excluding carboxylic acids is 1. The minimum atomic E-state index is -0.599. The van der Waals surface area contributed by atoms with E-state index in [1.165, 1.54) is 38.2 Å². The van der Waals surface area contributed by atoms with Crippen LogP contribution in [0.5, 0.6) is 11.5 Å². The van der Waals surface area contributed by atoms with Gasteiger partial charge in [0.05, 0.1) is 18.9 Å². The number of nitrogens with zero attached hydrogens (tertiary/aromatic N) is 1. The van der Waals surface area contributed by atoms with E-state index < -0.39 is 5.97 Å². The third-order valence-corrected chi connectivity index (χ3v) is 6.86. The van der Waals surface area contributed by atoms with Crippen molar-refractivity contribution in [2.24, 2.45) is 5.92 Å². The average Bonchev–Trinajstić information content (AvgIpc) is 2.79. The van der Waals surface area contributed by atoms with Gasteiger partial charge in [-0.1, -0.05) is 39.0 Å². The quantitative estimate of drug-likeness (QED) is 0.596. The molecule has 1 aliphatic carbocycles. The van der Waals surface area contributed by atoms with Crippen molar-refractivity contribution in [3.05, 3.63) is 45.7 Å². The van der Waals surface area contributed by atoms with Gasteiger partial charge in [-0.25, -0.2) is 4.79 Å². The lowest BCUT2D eigenvalue weighted by Gasteiger charge is -2.31. The monoisotopic (exact) mass is 439 g/mol. The Balaban J connectivity index is 1.61. The van der Waals surface area contributed by atoms with E-state index in [0.29, 0.717) is 18.1 Å². The van der Waals surface area contributed by atoms with Crippen LogP contribution in [0.15, 0.2) is 29.2 Å². The van der Waals surface area contributed by atoms with E-state index in [-0.39, 0.29) is 29.4 Å². The summed E-state index contributed by atoms with van der Waals surface area (Å²) >= 11 is 0. The highest BCUT2D eigenvalue weighted by atomic mass is 16.5. The number of phenolic OH excluding ortho intramolecular Hbond substituents is 1. The molecule has 1 fully saturated rings. The Kier molecular flexibility index (Phi) is 6.87. The Labute approximate surface area is 189 Å². The maximum Gasteiger partial charge on any atom is 0.343 e. The molecule has 6 nitrogen and oxygen atoms in total. The lowest BCUT2D eigenvalue weighted by molar-refractivity contribution is 0.0523. The van der Waals surface area contributed by atoms with Gasteiger partial charge in [0.25, 0.3) is 0 Å². The second-order valence-corrected chi connectivity index (χ2v) is 8.95. The minimum absolute atomic E-state index is 0.0457. The first-order chi connectivity index (χ1) is 15.5. The number of ether oxygens (including phenoxy) is 2. The normalized spacial score (nSPS) is 18.0. The number of pyridine rings is 1. The topological polar surface area (TPSA) is 77.8 Å². The van der Waals surface area contributed by atoms with Crippen molar-refractivity contribution in [3.63, 3.8) is 0 Å². The van der Waals surface area contributed by atoms with Gasteiger partial charge in [-0.2, -0.15) is 0 Å². The van der Waals surface area contributed by atoms with E-state index in [4.69, 9.17) is 9.47 Å². The van der Waals surface area contributed by atoms with Crippen molar-refractivity contribution >= 4 is 5.97 Å². The van der Waals surface area contributed by atoms with Gasteiger partial charge in [0.1, 0.15) is 5.56 Å². The van der Waals surface area contributed by atoms with Crippen LogP contribution in [0.2, 0.25) is 0 Å². The summed E-state index contributed by atoms with van der Waals surface area (Å²) in [5.74, 6) is 0.711. The summed E-state index contributed by atoms with van der Waals surface area (Å²) < 4.78 is 13.0. The molecule has 2 aliphatic rings. The number of hydrogen-bond acceptors (Lipinski definition) is 5. The molecule has 32 heavy (non-hydrogen) atoms. The van der Waals surface area contributed by atoms with E-state index >= 15 is 0 Å². The molecule has 1 atom stereocenters. The van der Waals surface area contributed by atoms with E-state index in [2.05, 4.69) is 6.92 Å². The molecule has 6 heteroatoms. The Hall–Kier alpha value is -2.76. The number of aromatic hydroxyl groups is 1. The van der Waals surface area contributed by atoms with Crippen molar-refractivity contribution in [2.75, 3.05) is 13.2 Å². The van der Waals surface area contributed by atoms with Crippen LogP contribution in [-0.2, 0) is 11.2 Å². The van der Waals surface area contributed by atoms with Gasteiger partial charge in [-0.3, -0.25) is 4.79 Å². The van der Waals surface area contributed by atoms with Crippen LogP contribution in [0, 0.1) is 5.92 Å². The molecule has 1 unspecified atom stereocenters. The van der Waals surface area contributed by atoms with Gasteiger partial charge in [-0.15, -0.1) is 0 Å². The Morgan fingerprint density at radius 1 is 1.16 bits per heavy atom. The van der Waals surface area contributed by atoms with Crippen LogP contribution in [-0.4, -0.2) is 28.9 Å². The number of benzene rings is 1. The molecule has 0 spiro atoms. The average molecular weight is 440 g/mol. The summed E-state index contributed by atoms with van der Waals surface area (Å²) in [4.78, 5) is 24.9. The second-order valence-electron chi connectivity index (χ2n) is 8.95. The number of aromatic nitrogens is 1. The summed E-state index contributed by atoms with van der Waals surface area (Å²) in [6.45, 7) is 4.63. The first kappa shape index (κ1) is 22.4. The van der Waals surface area contributed by atoms with Crippen LogP contribution in [0.25, 0.3) is 11.3 Å². The molecule has 1 aromatic heterocycles. The highest BCUT2D eigenvalue weighted by Crippen LogP contribution is 2.41. The van der Waals surface area contributed by atoms with Gasteiger partial charge in [-0.05, 0) is 49.8 Å². The molecule has 0 radical (unpaired) electrons. The minimum Gasteiger partial charge on any atom is -0.504 e. The summed E-state index contributed by atoms with van der Waals surface area (Å²) in [5, 5.41) is 10.6. The van der Waals surface area contributed by atoms with Crippen molar-refractivity contribution in [1.29, 1.82) is 0 Å². The van der Waals surface area contributed by atoms with Gasteiger partial charge in [0, 0.05) is 23.9 Å². The first-order valence-corrected chi connectivity index (χ1v) is 11.9. The number of rotatable bonds is 7. The third kappa shape index (κ3) is 4.54. The maximum absolute atomic E-state index is 12.7. The predicted molar refractivity (Wildman–Crippen MR) is 123 cm³/mol. The molecule has 172 valence electrons. The molecule has 1 saturated carbocycles. The molecule has 4 rings (SSSR count). The third-order valence-electron chi connectivity index (χ3n) is 6.86. The summed E-state index contributed by atoms with van der Waals surface area (Å²) in [6.07, 6.45) is 10.7. The highest BCUT2D eigenvalue weighted by Gasteiger charge is 2.27. The zero-order valence-corrected chi connectivity index (χ0v) is 19.1. The molecular weight excluding hydrogens is 406 g/mol. The number of carbonyl (C=O) groups is 1. The van der Waals surface area contributed by atoms with Crippen molar-refractivity contribution in [3.8, 4) is 22.8 Å². The summed E-state index contributed by atoms with van der Waals surface area (Å²) in [5.41, 5.74) is 2.24. The van der Waals surface area contributed by atoms with E-state index in [9.17, 15) is 14.7 Å². The second kappa shape index (κ2) is 9.80. The van der Waals surface area contributed by atoms with Crippen LogP contribution < -0.4 is 10.2 Å². The molecule has 1 aliphatic heterocycles. The smallest absolute Gasteiger partial charge is 0.343 e. The lowest BCUT2D eigenvalue weighted by atomic mass is 9.87. The standard InChI is InChI=1S/C26H33NO5/c1-3-19-12-18-13-25(32-11-10-17-8-6-5-7-9-17)24(29)14-20(18)22-15-23(28)21(16-27(19)22)26(30)31-4-2/h13-17,19,29H,3-12H2,1-2H3. The molecule has 0 saturated heterocycles. The van der Waals surface area contributed by atoms with E-state index in [0.717, 1.165) is 36.3 Å². The molecule has 2 heterocycles. The number of fused-ring (bicyclic) bond motifs is 3. The molecular formula is C26H33NO5.